The lowest BCUT2D eigenvalue weighted by Crippen LogP contribution is -2.51. The van der Waals surface area contributed by atoms with Gasteiger partial charge in [0, 0.05) is 19.1 Å². The minimum absolute atomic E-state index is 0.153. The van der Waals surface area contributed by atoms with Crippen LogP contribution in [0.4, 0.5) is 0 Å². The lowest BCUT2D eigenvalue weighted by molar-refractivity contribution is -0.134. The Hall–Kier alpha value is -0.610. The molecule has 1 amide bonds. The molecule has 1 heterocycles. The third-order valence-corrected chi connectivity index (χ3v) is 4.03. The average Bonchev–Trinajstić information content (AvgIpc) is 2.37. The first-order valence-corrected chi connectivity index (χ1v) is 7.15. The van der Waals surface area contributed by atoms with Crippen LogP contribution in [-0.2, 0) is 4.79 Å². The normalized spacial score (nSPS) is 23.1. The van der Waals surface area contributed by atoms with Gasteiger partial charge in [-0.05, 0) is 39.7 Å². The summed E-state index contributed by atoms with van der Waals surface area (Å²) in [6, 6.07) is 0.394. The van der Waals surface area contributed by atoms with Crippen molar-refractivity contribution in [2.24, 2.45) is 0 Å². The van der Waals surface area contributed by atoms with Gasteiger partial charge in [-0.1, -0.05) is 13.3 Å². The van der Waals surface area contributed by atoms with Crippen LogP contribution < -0.4 is 0 Å². The molecule has 0 aromatic rings. The molecular formula is C14H28N2O2. The Labute approximate surface area is 111 Å². The predicted octanol–water partition coefficient (Wildman–Crippen LogP) is 1.48. The zero-order chi connectivity index (χ0) is 13.7. The van der Waals surface area contributed by atoms with Crippen molar-refractivity contribution in [1.29, 1.82) is 0 Å². The first-order chi connectivity index (χ1) is 8.47. The number of carbonyl (C=O) groups excluding carboxylic acids is 1. The minimum Gasteiger partial charge on any atom is -0.392 e. The van der Waals surface area contributed by atoms with E-state index in [1.165, 1.54) is 0 Å². The van der Waals surface area contributed by atoms with Gasteiger partial charge in [-0.15, -0.1) is 0 Å². The number of hydrogen-bond acceptors (Lipinski definition) is 3. The Bertz CT molecular complexity index is 269. The van der Waals surface area contributed by atoms with E-state index in [-0.39, 0.29) is 24.1 Å². The highest BCUT2D eigenvalue weighted by Crippen LogP contribution is 2.21. The summed E-state index contributed by atoms with van der Waals surface area (Å²) >= 11 is 0. The maximum Gasteiger partial charge on any atom is 0.236 e. The summed E-state index contributed by atoms with van der Waals surface area (Å²) in [5.74, 6) is 0.153. The molecule has 1 rings (SSSR count). The number of carbonyl (C=O) groups is 1. The molecule has 0 bridgehead atoms. The van der Waals surface area contributed by atoms with Crippen molar-refractivity contribution >= 4 is 5.91 Å². The lowest BCUT2D eigenvalue weighted by Gasteiger charge is -2.38. The fourth-order valence-electron chi connectivity index (χ4n) is 2.49. The highest BCUT2D eigenvalue weighted by molar-refractivity contribution is 5.78. The predicted molar refractivity (Wildman–Crippen MR) is 73.4 cm³/mol. The van der Waals surface area contributed by atoms with Gasteiger partial charge in [0.2, 0.25) is 5.91 Å². The number of likely N-dealkylation sites (tertiary alicyclic amines) is 1. The Morgan fingerprint density at radius 1 is 1.44 bits per heavy atom. The van der Waals surface area contributed by atoms with Crippen LogP contribution in [0.3, 0.4) is 0 Å². The van der Waals surface area contributed by atoms with Gasteiger partial charge in [0.05, 0.1) is 12.6 Å². The van der Waals surface area contributed by atoms with Crippen molar-refractivity contribution in [1.82, 2.24) is 9.80 Å². The van der Waals surface area contributed by atoms with E-state index in [1.807, 2.05) is 27.8 Å². The van der Waals surface area contributed by atoms with Crippen LogP contribution in [0, 0.1) is 0 Å². The van der Waals surface area contributed by atoms with E-state index in [0.717, 1.165) is 32.2 Å². The molecule has 1 aliphatic heterocycles. The van der Waals surface area contributed by atoms with Crippen molar-refractivity contribution in [2.75, 3.05) is 20.1 Å². The number of amides is 1. The van der Waals surface area contributed by atoms with E-state index in [4.69, 9.17) is 0 Å². The van der Waals surface area contributed by atoms with Crippen molar-refractivity contribution in [2.45, 2.75) is 64.6 Å². The second-order valence-corrected chi connectivity index (χ2v) is 5.61. The second kappa shape index (κ2) is 7.10. The molecule has 0 spiro atoms. The number of rotatable bonds is 5. The summed E-state index contributed by atoms with van der Waals surface area (Å²) in [7, 11) is 1.85. The first-order valence-electron chi connectivity index (χ1n) is 7.15. The monoisotopic (exact) mass is 256 g/mol. The number of nitrogens with zero attached hydrogens (tertiary/aromatic N) is 2. The Morgan fingerprint density at radius 2 is 2.11 bits per heavy atom. The summed E-state index contributed by atoms with van der Waals surface area (Å²) in [6.07, 6.45) is 3.75. The van der Waals surface area contributed by atoms with Gasteiger partial charge < -0.3 is 10.0 Å². The summed E-state index contributed by atoms with van der Waals surface area (Å²) in [5, 5.41) is 10.0. The molecule has 0 aromatic heterocycles. The molecule has 1 N–H and O–H groups in total. The SMILES string of the molecule is CCC(O)C1CCCCN1CC(=O)N(C)C(C)C. The van der Waals surface area contributed by atoms with Gasteiger partial charge in [0.15, 0.2) is 0 Å². The van der Waals surface area contributed by atoms with Crippen LogP contribution in [0.5, 0.6) is 0 Å². The molecule has 2 atom stereocenters. The molecule has 0 aromatic carbocycles. The van der Waals surface area contributed by atoms with Gasteiger partial charge in [0.1, 0.15) is 0 Å². The van der Waals surface area contributed by atoms with E-state index in [0.29, 0.717) is 6.54 Å². The Morgan fingerprint density at radius 3 is 2.67 bits per heavy atom. The second-order valence-electron chi connectivity index (χ2n) is 5.61. The zero-order valence-corrected chi connectivity index (χ0v) is 12.2. The van der Waals surface area contributed by atoms with Gasteiger partial charge in [-0.2, -0.15) is 0 Å². The summed E-state index contributed by atoms with van der Waals surface area (Å²) in [5.41, 5.74) is 0. The maximum absolute atomic E-state index is 12.1. The van der Waals surface area contributed by atoms with Crippen LogP contribution >= 0.6 is 0 Å². The molecule has 0 saturated carbocycles. The minimum atomic E-state index is -0.303. The topological polar surface area (TPSA) is 43.8 Å². The molecule has 106 valence electrons. The standard InChI is InChI=1S/C14H28N2O2/c1-5-13(17)12-8-6-7-9-16(12)10-14(18)15(4)11(2)3/h11-13,17H,5-10H2,1-4H3. The lowest BCUT2D eigenvalue weighted by atomic mass is 9.96. The van der Waals surface area contributed by atoms with Crippen LogP contribution in [-0.4, -0.2) is 59.1 Å². The molecule has 18 heavy (non-hydrogen) atoms. The van der Waals surface area contributed by atoms with Gasteiger partial charge in [0.25, 0.3) is 0 Å². The molecule has 2 unspecified atom stereocenters. The van der Waals surface area contributed by atoms with Crippen molar-refractivity contribution < 1.29 is 9.90 Å². The number of aliphatic hydroxyl groups excluding tert-OH is 1. The Balaban J connectivity index is 2.59. The fraction of sp³-hybridized carbons (Fsp3) is 0.929. The van der Waals surface area contributed by atoms with Gasteiger partial charge in [-0.3, -0.25) is 9.69 Å². The maximum atomic E-state index is 12.1. The molecule has 1 fully saturated rings. The summed E-state index contributed by atoms with van der Waals surface area (Å²) in [6.45, 7) is 7.41. The van der Waals surface area contributed by atoms with E-state index in [9.17, 15) is 9.90 Å². The third-order valence-electron chi connectivity index (χ3n) is 4.03. The summed E-state index contributed by atoms with van der Waals surface area (Å²) < 4.78 is 0. The van der Waals surface area contributed by atoms with Crippen LogP contribution in [0.15, 0.2) is 0 Å². The molecule has 0 aliphatic carbocycles. The van der Waals surface area contributed by atoms with Crippen LogP contribution in [0.25, 0.3) is 0 Å². The summed E-state index contributed by atoms with van der Waals surface area (Å²) in [4.78, 5) is 16.1. The molecular weight excluding hydrogens is 228 g/mol. The molecule has 1 saturated heterocycles. The zero-order valence-electron chi connectivity index (χ0n) is 12.2. The van der Waals surface area contributed by atoms with E-state index in [1.54, 1.807) is 4.90 Å². The van der Waals surface area contributed by atoms with Crippen LogP contribution in [0.2, 0.25) is 0 Å². The number of hydrogen-bond donors (Lipinski definition) is 1. The largest absolute Gasteiger partial charge is 0.392 e. The van der Waals surface area contributed by atoms with Gasteiger partial charge >= 0.3 is 0 Å². The average molecular weight is 256 g/mol. The van der Waals surface area contributed by atoms with Crippen molar-refractivity contribution in [3.05, 3.63) is 0 Å². The first kappa shape index (κ1) is 15.4. The Kier molecular flexibility index (Phi) is 6.09. The number of piperidine rings is 1. The molecule has 4 heteroatoms. The van der Waals surface area contributed by atoms with Crippen molar-refractivity contribution in [3.63, 3.8) is 0 Å². The molecule has 0 radical (unpaired) electrons. The number of aliphatic hydroxyl groups is 1. The van der Waals surface area contributed by atoms with Gasteiger partial charge in [-0.25, -0.2) is 0 Å². The molecule has 1 aliphatic rings. The van der Waals surface area contributed by atoms with Crippen molar-refractivity contribution in [3.8, 4) is 0 Å². The van der Waals surface area contributed by atoms with E-state index in [2.05, 4.69) is 4.90 Å². The third kappa shape index (κ3) is 3.95. The quantitative estimate of drug-likeness (QED) is 0.810. The van der Waals surface area contributed by atoms with E-state index < -0.39 is 0 Å². The number of likely N-dealkylation sites (N-methyl/N-ethyl adjacent to an activating group) is 1. The molecule has 4 nitrogen and oxygen atoms in total. The fourth-order valence-corrected chi connectivity index (χ4v) is 2.49. The highest BCUT2D eigenvalue weighted by Gasteiger charge is 2.29. The smallest absolute Gasteiger partial charge is 0.236 e. The highest BCUT2D eigenvalue weighted by atomic mass is 16.3. The van der Waals surface area contributed by atoms with Crippen LogP contribution in [0.1, 0.15) is 46.5 Å². The van der Waals surface area contributed by atoms with E-state index >= 15 is 0 Å².